The number of aromatic nitrogens is 3. The van der Waals surface area contributed by atoms with Crippen LogP contribution in [-0.4, -0.2) is 38.0 Å². The zero-order valence-corrected chi connectivity index (χ0v) is 15.6. The van der Waals surface area contributed by atoms with Crippen LogP contribution in [0.5, 0.6) is 0 Å². The Balaban J connectivity index is 1.36. The minimum Gasteiger partial charge on any atom is -0.345 e. The molecule has 0 unspecified atom stereocenters. The molecule has 0 saturated heterocycles. The fraction of sp³-hybridized carbons (Fsp3) is 0.500. The first kappa shape index (κ1) is 17.7. The van der Waals surface area contributed by atoms with Gasteiger partial charge in [-0.15, -0.1) is 0 Å². The summed E-state index contributed by atoms with van der Waals surface area (Å²) in [5, 5.41) is 7.26. The van der Waals surface area contributed by atoms with Crippen LogP contribution < -0.4 is 5.32 Å². The van der Waals surface area contributed by atoms with E-state index < -0.39 is 0 Å². The van der Waals surface area contributed by atoms with Crippen molar-refractivity contribution < 1.29 is 9.59 Å². The number of carbonyl (C=O) groups is 2. The highest BCUT2D eigenvalue weighted by Crippen LogP contribution is 2.43. The molecule has 7 nitrogen and oxygen atoms in total. The van der Waals surface area contributed by atoms with Crippen LogP contribution in [0.15, 0.2) is 30.5 Å². The molecule has 0 aromatic carbocycles. The second-order valence-corrected chi connectivity index (χ2v) is 7.40. The van der Waals surface area contributed by atoms with Gasteiger partial charge in [-0.2, -0.15) is 5.10 Å². The van der Waals surface area contributed by atoms with E-state index in [1.807, 2.05) is 27.8 Å². The van der Waals surface area contributed by atoms with Gasteiger partial charge in [0.05, 0.1) is 31.0 Å². The quantitative estimate of drug-likeness (QED) is 0.847. The molecule has 1 N–H and O–H groups in total. The molecule has 1 aliphatic heterocycles. The van der Waals surface area contributed by atoms with E-state index in [1.54, 1.807) is 12.3 Å². The molecule has 2 aromatic heterocycles. The normalized spacial score (nSPS) is 20.9. The van der Waals surface area contributed by atoms with Crippen LogP contribution in [0.1, 0.15) is 48.1 Å². The van der Waals surface area contributed by atoms with Gasteiger partial charge in [0.25, 0.3) is 5.91 Å². The second kappa shape index (κ2) is 7.50. The third kappa shape index (κ3) is 3.86. The van der Waals surface area contributed by atoms with Crippen molar-refractivity contribution in [1.82, 2.24) is 25.0 Å². The lowest BCUT2D eigenvalue weighted by Gasteiger charge is -2.28. The standard InChI is InChI=1S/C20H25N5O2/c1-2-5-14-10-17(14)20(27)24-8-9-25-16(13-24)11-18(23-25)19(26)22-12-15-6-3-4-7-21-15/h3-4,6-7,11,14,17H,2,5,8-10,12-13H2,1H3,(H,22,26)/t14-,17+/m1/s1. The number of fused-ring (bicyclic) bond motifs is 1. The highest BCUT2D eigenvalue weighted by Gasteiger charge is 2.44. The largest absolute Gasteiger partial charge is 0.345 e. The van der Waals surface area contributed by atoms with Crippen molar-refractivity contribution in [3.05, 3.63) is 47.5 Å². The maximum Gasteiger partial charge on any atom is 0.272 e. The minimum absolute atomic E-state index is 0.209. The summed E-state index contributed by atoms with van der Waals surface area (Å²) in [7, 11) is 0. The second-order valence-electron chi connectivity index (χ2n) is 7.40. The van der Waals surface area contributed by atoms with Crippen LogP contribution in [0, 0.1) is 11.8 Å². The van der Waals surface area contributed by atoms with Gasteiger partial charge in [-0.1, -0.05) is 19.4 Å². The summed E-state index contributed by atoms with van der Waals surface area (Å²) in [6.07, 6.45) is 5.01. The number of amides is 2. The zero-order chi connectivity index (χ0) is 18.8. The molecule has 2 aromatic rings. The SMILES string of the molecule is CCC[C@@H]1C[C@@H]1C(=O)N1CCn2nc(C(=O)NCc3ccccn3)cc2C1. The van der Waals surface area contributed by atoms with E-state index in [2.05, 4.69) is 22.3 Å². The van der Waals surface area contributed by atoms with Crippen molar-refractivity contribution in [2.45, 2.75) is 45.8 Å². The molecular weight excluding hydrogens is 342 g/mol. The Kier molecular flexibility index (Phi) is 4.92. The average Bonchev–Trinajstić information content (AvgIpc) is 3.33. The molecule has 7 heteroatoms. The summed E-state index contributed by atoms with van der Waals surface area (Å²) in [5.74, 6) is 0.829. The Morgan fingerprint density at radius 2 is 2.19 bits per heavy atom. The smallest absolute Gasteiger partial charge is 0.272 e. The molecule has 1 aliphatic carbocycles. The van der Waals surface area contributed by atoms with Crippen molar-refractivity contribution in [2.24, 2.45) is 11.8 Å². The molecule has 142 valence electrons. The molecule has 4 rings (SSSR count). The Hall–Kier alpha value is -2.70. The minimum atomic E-state index is -0.217. The van der Waals surface area contributed by atoms with Crippen LogP contribution in [-0.2, 0) is 24.4 Å². The van der Waals surface area contributed by atoms with E-state index >= 15 is 0 Å². The first-order valence-corrected chi connectivity index (χ1v) is 9.69. The lowest BCUT2D eigenvalue weighted by Crippen LogP contribution is -2.39. The van der Waals surface area contributed by atoms with E-state index in [4.69, 9.17) is 0 Å². The number of pyridine rings is 1. The molecule has 1 saturated carbocycles. The van der Waals surface area contributed by atoms with Crippen LogP contribution in [0.2, 0.25) is 0 Å². The third-order valence-corrected chi connectivity index (χ3v) is 5.40. The highest BCUT2D eigenvalue weighted by molar-refractivity contribution is 5.92. The van der Waals surface area contributed by atoms with Gasteiger partial charge in [0, 0.05) is 18.7 Å². The highest BCUT2D eigenvalue weighted by atomic mass is 16.2. The molecule has 2 aliphatic rings. The number of nitrogens with zero attached hydrogens (tertiary/aromatic N) is 4. The van der Waals surface area contributed by atoms with Gasteiger partial charge < -0.3 is 10.2 Å². The predicted octanol–water partition coefficient (Wildman–Crippen LogP) is 1.99. The van der Waals surface area contributed by atoms with Crippen molar-refractivity contribution in [3.8, 4) is 0 Å². The molecule has 1 fully saturated rings. The lowest BCUT2D eigenvalue weighted by atomic mass is 10.2. The summed E-state index contributed by atoms with van der Waals surface area (Å²) in [6.45, 7) is 4.37. The van der Waals surface area contributed by atoms with Crippen molar-refractivity contribution in [1.29, 1.82) is 0 Å². The van der Waals surface area contributed by atoms with Gasteiger partial charge in [-0.05, 0) is 37.0 Å². The molecule has 2 atom stereocenters. The number of nitrogens with one attached hydrogen (secondary N) is 1. The summed E-state index contributed by atoms with van der Waals surface area (Å²) in [4.78, 5) is 31.2. The van der Waals surface area contributed by atoms with Gasteiger partial charge in [0.2, 0.25) is 5.91 Å². The van der Waals surface area contributed by atoms with Crippen LogP contribution >= 0.6 is 0 Å². The number of carbonyl (C=O) groups excluding carboxylic acids is 2. The third-order valence-electron chi connectivity index (χ3n) is 5.40. The first-order valence-electron chi connectivity index (χ1n) is 9.69. The molecule has 27 heavy (non-hydrogen) atoms. The molecule has 3 heterocycles. The van der Waals surface area contributed by atoms with E-state index in [1.165, 1.54) is 0 Å². The average molecular weight is 367 g/mol. The monoisotopic (exact) mass is 367 g/mol. The molecule has 0 radical (unpaired) electrons. The molecule has 2 amide bonds. The van der Waals surface area contributed by atoms with Gasteiger partial charge in [-0.3, -0.25) is 19.3 Å². The molecule has 0 spiro atoms. The molecular formula is C20H25N5O2. The van der Waals surface area contributed by atoms with Crippen molar-refractivity contribution >= 4 is 11.8 Å². The van der Waals surface area contributed by atoms with Gasteiger partial charge in [-0.25, -0.2) is 0 Å². The summed E-state index contributed by atoms with van der Waals surface area (Å²) >= 11 is 0. The van der Waals surface area contributed by atoms with Crippen LogP contribution in [0.4, 0.5) is 0 Å². The van der Waals surface area contributed by atoms with E-state index in [9.17, 15) is 9.59 Å². The van der Waals surface area contributed by atoms with Gasteiger partial charge >= 0.3 is 0 Å². The zero-order valence-electron chi connectivity index (χ0n) is 15.6. The topological polar surface area (TPSA) is 80.1 Å². The first-order chi connectivity index (χ1) is 13.2. The fourth-order valence-corrected chi connectivity index (χ4v) is 3.80. The Morgan fingerprint density at radius 3 is 2.96 bits per heavy atom. The number of hydrogen-bond acceptors (Lipinski definition) is 4. The number of rotatable bonds is 6. The summed E-state index contributed by atoms with van der Waals surface area (Å²) < 4.78 is 1.84. The Morgan fingerprint density at radius 1 is 1.30 bits per heavy atom. The van der Waals surface area contributed by atoms with Gasteiger partial charge in [0.1, 0.15) is 0 Å². The Labute approximate surface area is 158 Å². The van der Waals surface area contributed by atoms with Crippen molar-refractivity contribution in [3.63, 3.8) is 0 Å². The molecule has 0 bridgehead atoms. The lowest BCUT2D eigenvalue weighted by molar-refractivity contribution is -0.134. The Bertz CT molecular complexity index is 832. The van der Waals surface area contributed by atoms with E-state index in [0.717, 1.165) is 30.7 Å². The summed E-state index contributed by atoms with van der Waals surface area (Å²) in [5.41, 5.74) is 2.12. The fourth-order valence-electron chi connectivity index (χ4n) is 3.80. The maximum absolute atomic E-state index is 12.7. The van der Waals surface area contributed by atoms with Gasteiger partial charge in [0.15, 0.2) is 5.69 Å². The van der Waals surface area contributed by atoms with Crippen LogP contribution in [0.3, 0.4) is 0 Å². The maximum atomic E-state index is 12.7. The van der Waals surface area contributed by atoms with Crippen LogP contribution in [0.25, 0.3) is 0 Å². The van der Waals surface area contributed by atoms with Crippen molar-refractivity contribution in [2.75, 3.05) is 6.54 Å². The van der Waals surface area contributed by atoms with E-state index in [-0.39, 0.29) is 17.7 Å². The summed E-state index contributed by atoms with van der Waals surface area (Å²) in [6, 6.07) is 7.39. The number of hydrogen-bond donors (Lipinski definition) is 1. The van der Waals surface area contributed by atoms with E-state index in [0.29, 0.717) is 37.8 Å². The predicted molar refractivity (Wildman–Crippen MR) is 99.6 cm³/mol.